The maximum atomic E-state index is 2.55. The first-order chi connectivity index (χ1) is 7.66. The molecule has 1 aromatic heterocycles. The number of hydrogen-bond acceptors (Lipinski definition) is 2. The second-order valence-electron chi connectivity index (χ2n) is 5.08. The SMILES string of the molecule is CC(C)n1cccc1CN1CCN(C)CC1. The maximum absolute atomic E-state index is 2.55. The number of aromatic nitrogens is 1. The van der Waals surface area contributed by atoms with Gasteiger partial charge in [0.05, 0.1) is 0 Å². The summed E-state index contributed by atoms with van der Waals surface area (Å²) < 4.78 is 2.37. The molecule has 16 heavy (non-hydrogen) atoms. The highest BCUT2D eigenvalue weighted by Gasteiger charge is 2.15. The lowest BCUT2D eigenvalue weighted by molar-refractivity contribution is 0.145. The molecular formula is C13H23N3. The van der Waals surface area contributed by atoms with E-state index in [0.29, 0.717) is 6.04 Å². The summed E-state index contributed by atoms with van der Waals surface area (Å²) in [6.07, 6.45) is 2.19. The molecule has 0 aliphatic carbocycles. The van der Waals surface area contributed by atoms with Crippen LogP contribution in [0.1, 0.15) is 25.6 Å². The molecule has 3 heteroatoms. The molecule has 0 N–H and O–H groups in total. The van der Waals surface area contributed by atoms with Crippen molar-refractivity contribution in [3.63, 3.8) is 0 Å². The van der Waals surface area contributed by atoms with Gasteiger partial charge in [0.15, 0.2) is 0 Å². The van der Waals surface area contributed by atoms with Crippen molar-refractivity contribution < 1.29 is 0 Å². The molecule has 1 saturated heterocycles. The lowest BCUT2D eigenvalue weighted by Crippen LogP contribution is -2.44. The van der Waals surface area contributed by atoms with Crippen molar-refractivity contribution >= 4 is 0 Å². The Bertz CT molecular complexity index is 322. The minimum absolute atomic E-state index is 0.567. The topological polar surface area (TPSA) is 11.4 Å². The van der Waals surface area contributed by atoms with Gasteiger partial charge in [0.2, 0.25) is 0 Å². The van der Waals surface area contributed by atoms with Gasteiger partial charge in [-0.3, -0.25) is 4.90 Å². The fourth-order valence-corrected chi connectivity index (χ4v) is 2.30. The average Bonchev–Trinajstić information content (AvgIpc) is 2.69. The smallest absolute Gasteiger partial charge is 0.0388 e. The van der Waals surface area contributed by atoms with E-state index in [1.54, 1.807) is 0 Å². The van der Waals surface area contributed by atoms with Crippen LogP contribution < -0.4 is 0 Å². The largest absolute Gasteiger partial charge is 0.348 e. The van der Waals surface area contributed by atoms with Crippen LogP contribution in [0.5, 0.6) is 0 Å². The van der Waals surface area contributed by atoms with Crippen LogP contribution in [-0.4, -0.2) is 47.6 Å². The summed E-state index contributed by atoms with van der Waals surface area (Å²) in [4.78, 5) is 4.95. The molecule has 1 aliphatic rings. The molecule has 0 spiro atoms. The van der Waals surface area contributed by atoms with Crippen molar-refractivity contribution in [2.45, 2.75) is 26.4 Å². The van der Waals surface area contributed by atoms with Gasteiger partial charge in [-0.15, -0.1) is 0 Å². The second kappa shape index (κ2) is 5.02. The first-order valence-electron chi connectivity index (χ1n) is 6.23. The zero-order valence-corrected chi connectivity index (χ0v) is 10.7. The number of nitrogens with zero attached hydrogens (tertiary/aromatic N) is 3. The van der Waals surface area contributed by atoms with Gasteiger partial charge in [0, 0.05) is 50.7 Å². The maximum Gasteiger partial charge on any atom is 0.0388 e. The molecule has 1 fully saturated rings. The molecule has 90 valence electrons. The molecule has 0 radical (unpaired) electrons. The summed E-state index contributed by atoms with van der Waals surface area (Å²) in [5.41, 5.74) is 1.44. The van der Waals surface area contributed by atoms with E-state index < -0.39 is 0 Å². The van der Waals surface area contributed by atoms with Crippen LogP contribution in [0.25, 0.3) is 0 Å². The molecule has 2 heterocycles. The minimum Gasteiger partial charge on any atom is -0.348 e. The van der Waals surface area contributed by atoms with Crippen molar-refractivity contribution in [3.8, 4) is 0 Å². The van der Waals surface area contributed by atoms with E-state index >= 15 is 0 Å². The summed E-state index contributed by atoms with van der Waals surface area (Å²) >= 11 is 0. The van der Waals surface area contributed by atoms with Gasteiger partial charge in [-0.1, -0.05) is 0 Å². The Balaban J connectivity index is 1.96. The number of rotatable bonds is 3. The summed E-state index contributed by atoms with van der Waals surface area (Å²) in [5.74, 6) is 0. The summed E-state index contributed by atoms with van der Waals surface area (Å²) in [5, 5.41) is 0. The van der Waals surface area contributed by atoms with Crippen molar-refractivity contribution in [2.24, 2.45) is 0 Å². The Kier molecular flexibility index (Phi) is 3.66. The van der Waals surface area contributed by atoms with E-state index in [9.17, 15) is 0 Å². The van der Waals surface area contributed by atoms with Crippen molar-refractivity contribution in [2.75, 3.05) is 33.2 Å². The zero-order valence-electron chi connectivity index (χ0n) is 10.7. The molecule has 0 bridgehead atoms. The summed E-state index contributed by atoms with van der Waals surface area (Å²) in [6.45, 7) is 10.4. The molecule has 0 saturated carbocycles. The van der Waals surface area contributed by atoms with E-state index in [0.717, 1.165) is 6.54 Å². The van der Waals surface area contributed by atoms with E-state index in [2.05, 4.69) is 53.6 Å². The fraction of sp³-hybridized carbons (Fsp3) is 0.692. The molecule has 1 aromatic rings. The van der Waals surface area contributed by atoms with E-state index in [1.165, 1.54) is 31.9 Å². The monoisotopic (exact) mass is 221 g/mol. The molecule has 1 aliphatic heterocycles. The van der Waals surface area contributed by atoms with Crippen LogP contribution in [0, 0.1) is 0 Å². The average molecular weight is 221 g/mol. The highest BCUT2D eigenvalue weighted by atomic mass is 15.2. The second-order valence-corrected chi connectivity index (χ2v) is 5.08. The van der Waals surface area contributed by atoms with Gasteiger partial charge in [-0.05, 0) is 33.0 Å². The number of likely N-dealkylation sites (N-methyl/N-ethyl adjacent to an activating group) is 1. The molecule has 3 nitrogen and oxygen atoms in total. The predicted octanol–water partition coefficient (Wildman–Crippen LogP) is 1.82. The van der Waals surface area contributed by atoms with Crippen LogP contribution >= 0.6 is 0 Å². The fourth-order valence-electron chi connectivity index (χ4n) is 2.30. The van der Waals surface area contributed by atoms with Crippen molar-refractivity contribution in [3.05, 3.63) is 24.0 Å². The third-order valence-electron chi connectivity index (χ3n) is 3.40. The van der Waals surface area contributed by atoms with Crippen LogP contribution in [-0.2, 0) is 6.54 Å². The molecule has 0 aromatic carbocycles. The first-order valence-corrected chi connectivity index (χ1v) is 6.23. The van der Waals surface area contributed by atoms with Gasteiger partial charge < -0.3 is 9.47 Å². The number of piperazine rings is 1. The van der Waals surface area contributed by atoms with Gasteiger partial charge in [0.25, 0.3) is 0 Å². The Morgan fingerprint density at radius 2 is 1.88 bits per heavy atom. The van der Waals surface area contributed by atoms with Gasteiger partial charge >= 0.3 is 0 Å². The third-order valence-corrected chi connectivity index (χ3v) is 3.40. The summed E-state index contributed by atoms with van der Waals surface area (Å²) in [7, 11) is 2.20. The molecule has 2 rings (SSSR count). The van der Waals surface area contributed by atoms with Crippen LogP contribution in [0.4, 0.5) is 0 Å². The lowest BCUT2D eigenvalue weighted by Gasteiger charge is -2.32. The van der Waals surface area contributed by atoms with E-state index in [1.807, 2.05) is 0 Å². The van der Waals surface area contributed by atoms with Crippen LogP contribution in [0.15, 0.2) is 18.3 Å². The van der Waals surface area contributed by atoms with Crippen molar-refractivity contribution in [1.29, 1.82) is 0 Å². The Labute approximate surface area is 98.6 Å². The minimum atomic E-state index is 0.567. The van der Waals surface area contributed by atoms with Crippen molar-refractivity contribution in [1.82, 2.24) is 14.4 Å². The van der Waals surface area contributed by atoms with Gasteiger partial charge in [-0.25, -0.2) is 0 Å². The highest BCUT2D eigenvalue weighted by molar-refractivity contribution is 5.08. The first kappa shape index (κ1) is 11.7. The van der Waals surface area contributed by atoms with Crippen LogP contribution in [0.3, 0.4) is 0 Å². The Hall–Kier alpha value is -0.800. The molecule has 0 atom stereocenters. The lowest BCUT2D eigenvalue weighted by atomic mass is 10.3. The molecule has 0 amide bonds. The van der Waals surface area contributed by atoms with E-state index in [-0.39, 0.29) is 0 Å². The Morgan fingerprint density at radius 3 is 2.50 bits per heavy atom. The third kappa shape index (κ3) is 2.66. The Morgan fingerprint density at radius 1 is 1.19 bits per heavy atom. The highest BCUT2D eigenvalue weighted by Crippen LogP contribution is 2.13. The standard InChI is InChI=1S/C13H23N3/c1-12(2)16-6-4-5-13(16)11-15-9-7-14(3)8-10-15/h4-6,12H,7-11H2,1-3H3. The van der Waals surface area contributed by atoms with E-state index in [4.69, 9.17) is 0 Å². The predicted molar refractivity (Wildman–Crippen MR) is 67.6 cm³/mol. The van der Waals surface area contributed by atoms with Gasteiger partial charge in [-0.2, -0.15) is 0 Å². The van der Waals surface area contributed by atoms with Crippen LogP contribution in [0.2, 0.25) is 0 Å². The number of hydrogen-bond donors (Lipinski definition) is 0. The molecular weight excluding hydrogens is 198 g/mol. The zero-order chi connectivity index (χ0) is 11.5. The molecule has 0 unspecified atom stereocenters. The van der Waals surface area contributed by atoms with Gasteiger partial charge in [0.1, 0.15) is 0 Å². The summed E-state index contributed by atoms with van der Waals surface area (Å²) in [6, 6.07) is 4.97. The quantitative estimate of drug-likeness (QED) is 0.771. The normalized spacial score (nSPS) is 19.5.